The van der Waals surface area contributed by atoms with Crippen LogP contribution in [0.15, 0.2) is 71.5 Å². The highest BCUT2D eigenvalue weighted by molar-refractivity contribution is 5.68. The Bertz CT molecular complexity index is 1410. The quantitative estimate of drug-likeness (QED) is 0.364. The molecule has 0 aliphatic carbocycles. The summed E-state index contributed by atoms with van der Waals surface area (Å²) in [6, 6.07) is 13.7. The van der Waals surface area contributed by atoms with Gasteiger partial charge in [0.15, 0.2) is 0 Å². The van der Waals surface area contributed by atoms with Gasteiger partial charge >= 0.3 is 6.18 Å². The predicted molar refractivity (Wildman–Crippen MR) is 111 cm³/mol. The number of nitrogens with zero attached hydrogens (tertiary/aromatic N) is 1. The minimum atomic E-state index is -4.46. The van der Waals surface area contributed by atoms with Crippen LogP contribution in [0.3, 0.4) is 0 Å². The molecule has 32 heavy (non-hydrogen) atoms. The first-order valence-electron chi connectivity index (χ1n) is 9.44. The molecule has 4 nitrogen and oxygen atoms in total. The van der Waals surface area contributed by atoms with Gasteiger partial charge in [0.25, 0.3) is 5.56 Å². The zero-order chi connectivity index (χ0) is 23.0. The van der Waals surface area contributed by atoms with E-state index in [1.54, 1.807) is 25.1 Å². The fourth-order valence-electron chi connectivity index (χ4n) is 3.26. The Morgan fingerprint density at radius 2 is 1.53 bits per heavy atom. The van der Waals surface area contributed by atoms with Crippen molar-refractivity contribution in [3.63, 3.8) is 0 Å². The van der Waals surface area contributed by atoms with Crippen molar-refractivity contribution in [3.05, 3.63) is 100.0 Å². The van der Waals surface area contributed by atoms with Crippen LogP contribution in [0.5, 0.6) is 0 Å². The van der Waals surface area contributed by atoms with Crippen LogP contribution in [-0.2, 0) is 6.18 Å². The third-order valence-electron chi connectivity index (χ3n) is 4.85. The second kappa shape index (κ2) is 7.99. The summed E-state index contributed by atoms with van der Waals surface area (Å²) in [5.41, 5.74) is 0.610. The molecule has 0 radical (unpaired) electrons. The zero-order valence-electron chi connectivity index (χ0n) is 16.6. The average molecular weight is 445 g/mol. The minimum Gasteiger partial charge on any atom is -0.339 e. The number of aryl methyl sites for hydroxylation is 1. The van der Waals surface area contributed by atoms with Gasteiger partial charge in [-0.25, -0.2) is 13.3 Å². The number of alkyl halides is 3. The molecule has 4 rings (SSSR count). The average Bonchev–Trinajstić information content (AvgIpc) is 2.71. The van der Waals surface area contributed by atoms with E-state index in [9.17, 15) is 26.7 Å². The van der Waals surface area contributed by atoms with E-state index in [4.69, 9.17) is 0 Å². The van der Waals surface area contributed by atoms with Crippen LogP contribution in [0.25, 0.3) is 28.0 Å². The predicted octanol–water partition coefficient (Wildman–Crippen LogP) is 6.02. The molecular formula is C23H16F5N3O. The summed E-state index contributed by atoms with van der Waals surface area (Å²) in [6.45, 7) is 1.70. The summed E-state index contributed by atoms with van der Waals surface area (Å²) in [7, 11) is 0. The third-order valence-corrected chi connectivity index (χ3v) is 4.85. The lowest BCUT2D eigenvalue weighted by molar-refractivity contribution is -0.137. The van der Waals surface area contributed by atoms with Crippen LogP contribution >= 0.6 is 0 Å². The van der Waals surface area contributed by atoms with Gasteiger partial charge < -0.3 is 4.98 Å². The van der Waals surface area contributed by atoms with Gasteiger partial charge in [-0.2, -0.15) is 13.2 Å². The highest BCUT2D eigenvalue weighted by Gasteiger charge is 2.29. The Balaban J connectivity index is 1.95. The Labute approximate surface area is 178 Å². The molecule has 2 heterocycles. The first-order chi connectivity index (χ1) is 15.1. The van der Waals surface area contributed by atoms with Crippen LogP contribution in [0.1, 0.15) is 11.3 Å². The van der Waals surface area contributed by atoms with Crippen molar-refractivity contribution in [1.29, 1.82) is 0 Å². The van der Waals surface area contributed by atoms with Crippen LogP contribution in [0.4, 0.5) is 22.0 Å². The lowest BCUT2D eigenvalue weighted by atomic mass is 10.0. The van der Waals surface area contributed by atoms with Gasteiger partial charge in [-0.3, -0.25) is 9.89 Å². The van der Waals surface area contributed by atoms with Crippen molar-refractivity contribution in [2.75, 3.05) is 0 Å². The minimum absolute atomic E-state index is 0.00492. The highest BCUT2D eigenvalue weighted by atomic mass is 19.4. The summed E-state index contributed by atoms with van der Waals surface area (Å²) >= 11 is 0. The molecule has 2 aromatic heterocycles. The summed E-state index contributed by atoms with van der Waals surface area (Å²) in [4.78, 5) is 15.7. The maximum absolute atomic E-state index is 14.3. The van der Waals surface area contributed by atoms with E-state index in [-0.39, 0.29) is 16.9 Å². The lowest BCUT2D eigenvalue weighted by Gasteiger charge is -2.10. The summed E-state index contributed by atoms with van der Waals surface area (Å²) in [6.07, 6.45) is -4.46. The number of halogens is 5. The normalized spacial score (nSPS) is 11.6. The van der Waals surface area contributed by atoms with Crippen molar-refractivity contribution in [2.45, 2.75) is 13.1 Å². The summed E-state index contributed by atoms with van der Waals surface area (Å²) in [5, 5.41) is 2.89. The molecule has 0 unspecified atom stereocenters. The topological polar surface area (TPSA) is 53.1 Å². The number of fused-ring (bicyclic) bond motifs is 1. The Hall–Kier alpha value is -3.88. The van der Waals surface area contributed by atoms with Gasteiger partial charge in [0, 0.05) is 23.4 Å². The molecule has 0 aliphatic heterocycles. The number of hydrogen-bond donors (Lipinski definition) is 2. The molecule has 2 aromatic carbocycles. The fraction of sp³-hybridized carbons (Fsp3) is 0.0870. The zero-order valence-corrected chi connectivity index (χ0v) is 16.6. The Kier molecular flexibility index (Phi) is 5.33. The smallest absolute Gasteiger partial charge is 0.339 e. The van der Waals surface area contributed by atoms with Crippen molar-refractivity contribution in [2.24, 2.45) is 0 Å². The van der Waals surface area contributed by atoms with Gasteiger partial charge in [0.1, 0.15) is 17.3 Å². The maximum Gasteiger partial charge on any atom is 0.416 e. The van der Waals surface area contributed by atoms with Crippen LogP contribution in [0.2, 0.25) is 0 Å². The molecule has 2 N–H and O–H groups in total. The molecular weight excluding hydrogens is 429 g/mol. The molecule has 9 heteroatoms. The summed E-state index contributed by atoms with van der Waals surface area (Å²) < 4.78 is 67.4. The number of rotatable bonds is 2. The Morgan fingerprint density at radius 3 is 2.19 bits per heavy atom. The van der Waals surface area contributed by atoms with Gasteiger partial charge in [0.05, 0.1) is 11.3 Å². The van der Waals surface area contributed by atoms with E-state index < -0.39 is 28.9 Å². The molecule has 0 atom stereocenters. The van der Waals surface area contributed by atoms with E-state index in [2.05, 4.69) is 10.1 Å². The summed E-state index contributed by atoms with van der Waals surface area (Å²) in [5.74, 6) is -1.60. The van der Waals surface area contributed by atoms with Gasteiger partial charge in [-0.15, -0.1) is 0 Å². The van der Waals surface area contributed by atoms with Gasteiger partial charge in [-0.1, -0.05) is 18.2 Å². The highest BCUT2D eigenvalue weighted by Crippen LogP contribution is 2.31. The van der Waals surface area contributed by atoms with E-state index in [0.29, 0.717) is 22.9 Å². The van der Waals surface area contributed by atoms with Crippen molar-refractivity contribution in [3.8, 4) is 22.4 Å². The standard InChI is InChI=1S/C23H16F5N3O/c1-13-2-3-15(14-4-6-16(7-5-14)23(26,27)28)10-21-29-20(12-22(32)31(21)30-13)18-9-8-17(24)11-19(18)25/h2-12,29-30H,1H3. The molecule has 0 amide bonds. The van der Waals surface area contributed by atoms with E-state index >= 15 is 0 Å². The van der Waals surface area contributed by atoms with E-state index in [1.807, 2.05) is 0 Å². The molecule has 0 fully saturated rings. The number of nitrogens with one attached hydrogen (secondary N) is 2. The van der Waals surface area contributed by atoms with E-state index in [1.165, 1.54) is 22.7 Å². The number of aromatic amines is 2. The first-order valence-corrected chi connectivity index (χ1v) is 9.44. The molecule has 0 saturated heterocycles. The van der Waals surface area contributed by atoms with Gasteiger partial charge in [0.2, 0.25) is 0 Å². The van der Waals surface area contributed by atoms with Crippen molar-refractivity contribution >= 4 is 5.65 Å². The number of benzene rings is 2. The molecule has 0 spiro atoms. The monoisotopic (exact) mass is 445 g/mol. The van der Waals surface area contributed by atoms with Crippen molar-refractivity contribution in [1.82, 2.24) is 14.6 Å². The van der Waals surface area contributed by atoms with E-state index in [0.717, 1.165) is 24.3 Å². The molecule has 164 valence electrons. The van der Waals surface area contributed by atoms with Crippen molar-refractivity contribution < 1.29 is 22.0 Å². The largest absolute Gasteiger partial charge is 0.416 e. The molecule has 4 aromatic rings. The Morgan fingerprint density at radius 1 is 0.844 bits per heavy atom. The molecule has 0 aliphatic rings. The lowest BCUT2D eigenvalue weighted by Crippen LogP contribution is -2.17. The number of aromatic nitrogens is 3. The van der Waals surface area contributed by atoms with Crippen LogP contribution in [-0.4, -0.2) is 14.6 Å². The van der Waals surface area contributed by atoms with Crippen LogP contribution < -0.4 is 5.56 Å². The first kappa shape index (κ1) is 21.4. The third kappa shape index (κ3) is 4.27. The number of H-pyrrole nitrogens is 2. The number of hydrogen-bond acceptors (Lipinski definition) is 1. The fourth-order valence-corrected chi connectivity index (χ4v) is 3.26. The SMILES string of the molecule is Cc1ccc(-c2ccc(C(F)(F)F)cc2)cc2[nH]c(-c3ccc(F)cc3F)cc(=O)n2[nH]1. The van der Waals surface area contributed by atoms with Gasteiger partial charge in [-0.05, 0) is 54.4 Å². The van der Waals surface area contributed by atoms with Crippen LogP contribution in [0, 0.1) is 18.6 Å². The second-order valence-corrected chi connectivity index (χ2v) is 7.17. The molecule has 0 saturated carbocycles. The second-order valence-electron chi connectivity index (χ2n) is 7.17. The molecule has 0 bridgehead atoms. The maximum atomic E-state index is 14.3.